The molecule has 6 aromatic carbocycles. The fraction of sp³-hybridized carbons (Fsp3) is 0. The van der Waals surface area contributed by atoms with Gasteiger partial charge in [0.2, 0.25) is 0 Å². The van der Waals surface area contributed by atoms with Crippen LogP contribution < -0.4 is 10.2 Å². The Morgan fingerprint density at radius 2 is 1.00 bits per heavy atom. The van der Waals surface area contributed by atoms with Gasteiger partial charge in [-0.1, -0.05) is 78.9 Å². The summed E-state index contributed by atoms with van der Waals surface area (Å²) in [5.74, 6) is 0. The predicted octanol–water partition coefficient (Wildman–Crippen LogP) is 10.9. The lowest BCUT2D eigenvalue weighted by atomic mass is 10.0. The van der Waals surface area contributed by atoms with Gasteiger partial charge in [-0.25, -0.2) is 0 Å². The van der Waals surface area contributed by atoms with E-state index in [1.807, 2.05) is 29.5 Å². The maximum Gasteiger partial charge on any atom is 0.0468 e. The molecule has 0 amide bonds. The predicted molar refractivity (Wildman–Crippen MR) is 169 cm³/mol. The lowest BCUT2D eigenvalue weighted by molar-refractivity contribution is 1.29. The van der Waals surface area contributed by atoms with Crippen molar-refractivity contribution in [1.29, 1.82) is 0 Å². The summed E-state index contributed by atoms with van der Waals surface area (Å²) in [6.45, 7) is 0. The normalized spacial score (nSPS) is 11.1. The lowest BCUT2D eigenvalue weighted by Crippen LogP contribution is -2.09. The van der Waals surface area contributed by atoms with Crippen molar-refractivity contribution in [2.45, 2.75) is 0 Å². The third-order valence-electron chi connectivity index (χ3n) is 7.02. The Labute approximate surface area is 232 Å². The summed E-state index contributed by atoms with van der Waals surface area (Å²) < 4.78 is 2.60. The highest BCUT2D eigenvalue weighted by molar-refractivity contribution is 7.25. The highest BCUT2D eigenvalue weighted by atomic mass is 32.1. The van der Waals surface area contributed by atoms with E-state index in [4.69, 9.17) is 0 Å². The van der Waals surface area contributed by atoms with Gasteiger partial charge in [0.1, 0.15) is 0 Å². The van der Waals surface area contributed by atoms with E-state index in [1.165, 1.54) is 31.3 Å². The van der Waals surface area contributed by atoms with Crippen molar-refractivity contribution in [3.63, 3.8) is 0 Å². The summed E-state index contributed by atoms with van der Waals surface area (Å²) in [6, 6.07) is 53.8. The average Bonchev–Trinajstić information content (AvgIpc) is 3.37. The number of nitrogens with one attached hydrogen (secondary N) is 1. The monoisotopic (exact) mass is 518 g/mol. The third kappa shape index (κ3) is 4.65. The van der Waals surface area contributed by atoms with Crippen LogP contribution in [0.2, 0.25) is 0 Å². The molecule has 1 aromatic heterocycles. The number of benzene rings is 6. The molecule has 0 spiro atoms. The van der Waals surface area contributed by atoms with Gasteiger partial charge in [0, 0.05) is 48.6 Å². The van der Waals surface area contributed by atoms with Gasteiger partial charge in [-0.3, -0.25) is 0 Å². The molecule has 0 saturated heterocycles. The molecule has 0 radical (unpaired) electrons. The molecule has 186 valence electrons. The number of rotatable bonds is 6. The Morgan fingerprint density at radius 3 is 1.67 bits per heavy atom. The molecular weight excluding hydrogens is 492 g/mol. The van der Waals surface area contributed by atoms with Crippen LogP contribution in [0, 0.1) is 0 Å². The highest BCUT2D eigenvalue weighted by Gasteiger charge is 2.14. The van der Waals surface area contributed by atoms with Crippen LogP contribution in [0.15, 0.2) is 152 Å². The Morgan fingerprint density at radius 1 is 0.410 bits per heavy atom. The number of hydrogen-bond acceptors (Lipinski definition) is 3. The molecule has 0 fully saturated rings. The van der Waals surface area contributed by atoms with Crippen molar-refractivity contribution in [3.05, 3.63) is 152 Å². The quantitative estimate of drug-likeness (QED) is 0.235. The molecule has 0 unspecified atom stereocenters. The molecule has 0 atom stereocenters. The molecule has 0 saturated carbocycles. The van der Waals surface area contributed by atoms with Crippen molar-refractivity contribution < 1.29 is 0 Å². The van der Waals surface area contributed by atoms with Gasteiger partial charge in [0.15, 0.2) is 0 Å². The average molecular weight is 519 g/mol. The van der Waals surface area contributed by atoms with Gasteiger partial charge < -0.3 is 10.2 Å². The molecule has 39 heavy (non-hydrogen) atoms. The minimum Gasteiger partial charge on any atom is -0.356 e. The van der Waals surface area contributed by atoms with Crippen molar-refractivity contribution >= 4 is 59.9 Å². The van der Waals surface area contributed by atoms with Crippen LogP contribution in [-0.2, 0) is 0 Å². The molecule has 1 N–H and O–H groups in total. The van der Waals surface area contributed by atoms with E-state index in [0.717, 1.165) is 28.4 Å². The Hall–Kier alpha value is -4.86. The standard InChI is InChI=1S/C36H26N2S/c1-4-10-28(11-5-1)37-29-19-16-26(17-20-29)27-18-22-33-34-25-32(21-23-35(34)39-36(33)24-27)38(30-12-6-2-7-13-30)31-14-8-3-9-15-31/h1-25,37H. The summed E-state index contributed by atoms with van der Waals surface area (Å²) in [6.07, 6.45) is 0. The lowest BCUT2D eigenvalue weighted by Gasteiger charge is -2.25. The minimum atomic E-state index is 1.09. The van der Waals surface area contributed by atoms with Gasteiger partial charge in [0.25, 0.3) is 0 Å². The van der Waals surface area contributed by atoms with E-state index in [0.29, 0.717) is 0 Å². The van der Waals surface area contributed by atoms with Crippen LogP contribution in [0.5, 0.6) is 0 Å². The maximum absolute atomic E-state index is 3.47. The first-order valence-corrected chi connectivity index (χ1v) is 13.9. The van der Waals surface area contributed by atoms with Crippen molar-refractivity contribution in [2.24, 2.45) is 0 Å². The summed E-state index contributed by atoms with van der Waals surface area (Å²) >= 11 is 1.86. The summed E-state index contributed by atoms with van der Waals surface area (Å²) in [7, 11) is 0. The fourth-order valence-electron chi connectivity index (χ4n) is 5.12. The van der Waals surface area contributed by atoms with Crippen LogP contribution in [0.1, 0.15) is 0 Å². The van der Waals surface area contributed by atoms with E-state index in [2.05, 4.69) is 144 Å². The van der Waals surface area contributed by atoms with Gasteiger partial charge >= 0.3 is 0 Å². The van der Waals surface area contributed by atoms with Crippen LogP contribution in [-0.4, -0.2) is 0 Å². The molecule has 1 heterocycles. The van der Waals surface area contributed by atoms with E-state index in [1.54, 1.807) is 0 Å². The molecule has 0 aliphatic heterocycles. The molecule has 0 bridgehead atoms. The van der Waals surface area contributed by atoms with Crippen molar-refractivity contribution in [3.8, 4) is 11.1 Å². The second-order valence-corrected chi connectivity index (χ2v) is 10.7. The van der Waals surface area contributed by atoms with E-state index >= 15 is 0 Å². The van der Waals surface area contributed by atoms with E-state index in [-0.39, 0.29) is 0 Å². The van der Waals surface area contributed by atoms with Crippen LogP contribution in [0.3, 0.4) is 0 Å². The molecule has 3 heteroatoms. The largest absolute Gasteiger partial charge is 0.356 e. The first-order chi connectivity index (χ1) is 19.3. The first-order valence-electron chi connectivity index (χ1n) is 13.1. The molecule has 7 rings (SSSR count). The SMILES string of the molecule is c1ccc(Nc2ccc(-c3ccc4c(c3)sc3ccc(N(c5ccccc5)c5ccccc5)cc34)cc2)cc1. The zero-order chi connectivity index (χ0) is 26.0. The van der Waals surface area contributed by atoms with E-state index < -0.39 is 0 Å². The van der Waals surface area contributed by atoms with Crippen molar-refractivity contribution in [1.82, 2.24) is 0 Å². The Bertz CT molecular complexity index is 1820. The molecule has 7 aromatic rings. The number of thiophene rings is 1. The Kier molecular flexibility index (Phi) is 6.04. The molecule has 0 aliphatic rings. The number of nitrogens with zero attached hydrogens (tertiary/aromatic N) is 1. The summed E-state index contributed by atoms with van der Waals surface area (Å²) in [5, 5.41) is 6.05. The van der Waals surface area contributed by atoms with Crippen molar-refractivity contribution in [2.75, 3.05) is 10.2 Å². The smallest absolute Gasteiger partial charge is 0.0468 e. The first kappa shape index (κ1) is 23.3. The molecule has 0 aliphatic carbocycles. The number of para-hydroxylation sites is 3. The zero-order valence-electron chi connectivity index (χ0n) is 21.3. The fourth-order valence-corrected chi connectivity index (χ4v) is 6.25. The second kappa shape index (κ2) is 10.1. The van der Waals surface area contributed by atoms with Gasteiger partial charge in [-0.05, 0) is 83.9 Å². The molecule has 2 nitrogen and oxygen atoms in total. The number of hydrogen-bond donors (Lipinski definition) is 1. The summed E-state index contributed by atoms with van der Waals surface area (Å²) in [4.78, 5) is 2.32. The van der Waals surface area contributed by atoms with Crippen LogP contribution in [0.25, 0.3) is 31.3 Å². The number of anilines is 5. The minimum absolute atomic E-state index is 1.09. The van der Waals surface area contributed by atoms with Crippen LogP contribution >= 0.6 is 11.3 Å². The highest BCUT2D eigenvalue weighted by Crippen LogP contribution is 2.41. The van der Waals surface area contributed by atoms with Gasteiger partial charge in [-0.2, -0.15) is 0 Å². The summed E-state index contributed by atoms with van der Waals surface area (Å²) in [5.41, 5.74) is 8.08. The third-order valence-corrected chi connectivity index (χ3v) is 8.16. The van der Waals surface area contributed by atoms with Gasteiger partial charge in [0.05, 0.1) is 0 Å². The maximum atomic E-state index is 3.47. The van der Waals surface area contributed by atoms with Gasteiger partial charge in [-0.15, -0.1) is 11.3 Å². The topological polar surface area (TPSA) is 15.3 Å². The molecular formula is C36H26N2S. The zero-order valence-corrected chi connectivity index (χ0v) is 22.1. The van der Waals surface area contributed by atoms with Crippen LogP contribution in [0.4, 0.5) is 28.4 Å². The number of fused-ring (bicyclic) bond motifs is 3. The second-order valence-electron chi connectivity index (χ2n) is 9.57. The van der Waals surface area contributed by atoms with E-state index in [9.17, 15) is 0 Å². The Balaban J connectivity index is 1.24.